The van der Waals surface area contributed by atoms with Crippen molar-refractivity contribution in [1.29, 1.82) is 0 Å². The van der Waals surface area contributed by atoms with Crippen LogP contribution >= 0.6 is 0 Å². The lowest BCUT2D eigenvalue weighted by molar-refractivity contribution is 0.151. The van der Waals surface area contributed by atoms with Gasteiger partial charge in [-0.1, -0.05) is 24.3 Å². The Bertz CT molecular complexity index is 1350. The van der Waals surface area contributed by atoms with Crippen molar-refractivity contribution in [3.8, 4) is 28.2 Å². The van der Waals surface area contributed by atoms with Crippen LogP contribution in [0.25, 0.3) is 33.8 Å². The van der Waals surface area contributed by atoms with Crippen molar-refractivity contribution in [1.82, 2.24) is 19.2 Å². The Morgan fingerprint density at radius 1 is 0.871 bits per heavy atom. The van der Waals surface area contributed by atoms with Crippen molar-refractivity contribution in [3.63, 3.8) is 0 Å². The number of alkyl halides is 2. The Morgan fingerprint density at radius 2 is 1.52 bits per heavy atom. The predicted octanol–water partition coefficient (Wildman–Crippen LogP) is 6.24. The summed E-state index contributed by atoms with van der Waals surface area (Å²) in [6.07, 6.45) is 1.24. The van der Waals surface area contributed by atoms with Crippen molar-refractivity contribution >= 4 is 5.65 Å². The zero-order valence-electron chi connectivity index (χ0n) is 16.5. The van der Waals surface area contributed by atoms with Crippen molar-refractivity contribution in [2.24, 2.45) is 0 Å². The third-order valence-corrected chi connectivity index (χ3v) is 5.21. The van der Waals surface area contributed by atoms with Gasteiger partial charge in [0.05, 0.1) is 11.4 Å². The summed E-state index contributed by atoms with van der Waals surface area (Å²) in [5.41, 5.74) is 4.30. The molecule has 3 heterocycles. The largest absolute Gasteiger partial charge is 0.309 e. The van der Waals surface area contributed by atoms with Gasteiger partial charge in [0.15, 0.2) is 5.65 Å². The predicted molar refractivity (Wildman–Crippen MR) is 113 cm³/mol. The zero-order chi connectivity index (χ0) is 21.5. The molecule has 0 saturated carbocycles. The minimum Gasteiger partial charge on any atom is -0.309 e. The summed E-state index contributed by atoms with van der Waals surface area (Å²) >= 11 is 0. The number of halogens is 3. The van der Waals surface area contributed by atoms with E-state index in [1.165, 1.54) is 24.3 Å². The van der Waals surface area contributed by atoms with Gasteiger partial charge >= 0.3 is 0 Å². The number of benzene rings is 2. The molecule has 0 aliphatic carbocycles. The molecule has 31 heavy (non-hydrogen) atoms. The molecule has 0 radical (unpaired) electrons. The summed E-state index contributed by atoms with van der Waals surface area (Å²) in [4.78, 5) is 4.82. The number of hydrogen-bond donors (Lipinski definition) is 0. The number of aromatic nitrogens is 4. The maximum Gasteiger partial charge on any atom is 0.263 e. The molecule has 2 aromatic carbocycles. The van der Waals surface area contributed by atoms with E-state index in [1.807, 2.05) is 42.1 Å². The SMILES string of the molecule is Cc1nn2c(-c3ccc(F)cc3)cc(-n3cccc3)nc2c1-c1ccc(C(F)F)cc1. The highest BCUT2D eigenvalue weighted by molar-refractivity contribution is 5.82. The van der Waals surface area contributed by atoms with Crippen LogP contribution in [0.4, 0.5) is 13.2 Å². The molecule has 3 aromatic heterocycles. The Balaban J connectivity index is 1.78. The molecule has 4 nitrogen and oxygen atoms in total. The highest BCUT2D eigenvalue weighted by Gasteiger charge is 2.19. The third kappa shape index (κ3) is 3.38. The van der Waals surface area contributed by atoms with Gasteiger partial charge in [0.2, 0.25) is 0 Å². The van der Waals surface area contributed by atoms with Gasteiger partial charge < -0.3 is 4.57 Å². The minimum atomic E-state index is -2.53. The lowest BCUT2D eigenvalue weighted by Crippen LogP contribution is -2.02. The first-order valence-electron chi connectivity index (χ1n) is 9.69. The van der Waals surface area contributed by atoms with Crippen molar-refractivity contribution in [2.45, 2.75) is 13.3 Å². The van der Waals surface area contributed by atoms with E-state index < -0.39 is 6.43 Å². The third-order valence-electron chi connectivity index (χ3n) is 5.21. The van der Waals surface area contributed by atoms with Crippen LogP contribution in [0.3, 0.4) is 0 Å². The van der Waals surface area contributed by atoms with Gasteiger partial charge in [0, 0.05) is 35.2 Å². The number of hydrogen-bond acceptors (Lipinski definition) is 2. The molecule has 0 spiro atoms. The first kappa shape index (κ1) is 19.1. The smallest absolute Gasteiger partial charge is 0.263 e. The lowest BCUT2D eigenvalue weighted by atomic mass is 10.0. The van der Waals surface area contributed by atoms with E-state index in [9.17, 15) is 13.2 Å². The Hall–Kier alpha value is -3.87. The molecule has 0 saturated heterocycles. The number of fused-ring (bicyclic) bond motifs is 1. The molecule has 0 amide bonds. The maximum absolute atomic E-state index is 13.5. The van der Waals surface area contributed by atoms with Crippen molar-refractivity contribution in [2.75, 3.05) is 0 Å². The van der Waals surface area contributed by atoms with Crippen LogP contribution in [0.15, 0.2) is 79.1 Å². The summed E-state index contributed by atoms with van der Waals surface area (Å²) in [5, 5.41) is 4.67. The van der Waals surface area contributed by atoms with Gasteiger partial charge in [-0.3, -0.25) is 0 Å². The van der Waals surface area contributed by atoms with Crippen LogP contribution < -0.4 is 0 Å². The normalized spacial score (nSPS) is 11.5. The monoisotopic (exact) mass is 418 g/mol. The van der Waals surface area contributed by atoms with Gasteiger partial charge in [-0.15, -0.1) is 0 Å². The zero-order valence-corrected chi connectivity index (χ0v) is 16.5. The second-order valence-electron chi connectivity index (χ2n) is 7.22. The van der Waals surface area contributed by atoms with E-state index in [0.717, 1.165) is 22.4 Å². The molecule has 0 aliphatic heterocycles. The fraction of sp³-hybridized carbons (Fsp3) is 0.0833. The van der Waals surface area contributed by atoms with E-state index in [1.54, 1.807) is 28.8 Å². The van der Waals surface area contributed by atoms with E-state index >= 15 is 0 Å². The number of nitrogens with zero attached hydrogens (tertiary/aromatic N) is 4. The molecular weight excluding hydrogens is 401 g/mol. The lowest BCUT2D eigenvalue weighted by Gasteiger charge is -2.10. The average Bonchev–Trinajstić information content (AvgIpc) is 3.41. The average molecular weight is 418 g/mol. The summed E-state index contributed by atoms with van der Waals surface area (Å²) in [6.45, 7) is 1.86. The maximum atomic E-state index is 13.5. The molecule has 5 rings (SSSR count). The highest BCUT2D eigenvalue weighted by Crippen LogP contribution is 2.32. The second kappa shape index (κ2) is 7.43. The van der Waals surface area contributed by atoms with E-state index in [0.29, 0.717) is 17.2 Å². The Morgan fingerprint density at radius 3 is 2.16 bits per heavy atom. The van der Waals surface area contributed by atoms with Gasteiger partial charge in [0.1, 0.15) is 11.6 Å². The molecule has 0 atom stereocenters. The molecule has 154 valence electrons. The Labute approximate surface area is 176 Å². The summed E-state index contributed by atoms with van der Waals surface area (Å²) in [5.74, 6) is 0.346. The summed E-state index contributed by atoms with van der Waals surface area (Å²) in [7, 11) is 0. The molecule has 0 N–H and O–H groups in total. The molecule has 0 fully saturated rings. The fourth-order valence-corrected chi connectivity index (χ4v) is 3.69. The first-order chi connectivity index (χ1) is 15.0. The van der Waals surface area contributed by atoms with Gasteiger partial charge in [-0.2, -0.15) is 5.10 Å². The van der Waals surface area contributed by atoms with Crippen LogP contribution in [-0.2, 0) is 0 Å². The van der Waals surface area contributed by atoms with Crippen LogP contribution in [0.2, 0.25) is 0 Å². The Kier molecular flexibility index (Phi) is 4.58. The first-order valence-corrected chi connectivity index (χ1v) is 9.69. The topological polar surface area (TPSA) is 35.1 Å². The fourth-order valence-electron chi connectivity index (χ4n) is 3.69. The number of rotatable bonds is 4. The van der Waals surface area contributed by atoms with Crippen molar-refractivity contribution < 1.29 is 13.2 Å². The summed E-state index contributed by atoms with van der Waals surface area (Å²) in [6, 6.07) is 18.0. The quantitative estimate of drug-likeness (QED) is 0.346. The van der Waals surface area contributed by atoms with E-state index in [4.69, 9.17) is 4.98 Å². The van der Waals surface area contributed by atoms with E-state index in [2.05, 4.69) is 5.10 Å². The molecular formula is C24H17F3N4. The van der Waals surface area contributed by atoms with Gasteiger partial charge in [-0.05, 0) is 48.9 Å². The minimum absolute atomic E-state index is 0.0362. The molecule has 0 unspecified atom stereocenters. The second-order valence-corrected chi connectivity index (χ2v) is 7.22. The van der Waals surface area contributed by atoms with Crippen LogP contribution in [0, 0.1) is 12.7 Å². The van der Waals surface area contributed by atoms with E-state index in [-0.39, 0.29) is 11.4 Å². The molecule has 0 aliphatic rings. The van der Waals surface area contributed by atoms with Gasteiger partial charge in [-0.25, -0.2) is 22.7 Å². The summed E-state index contributed by atoms with van der Waals surface area (Å²) < 4.78 is 43.1. The molecule has 5 aromatic rings. The van der Waals surface area contributed by atoms with Crippen LogP contribution in [-0.4, -0.2) is 19.2 Å². The van der Waals surface area contributed by atoms with Crippen LogP contribution in [0.1, 0.15) is 17.7 Å². The standard InChI is InChI=1S/C24H17F3N4/c1-15-22(17-4-6-18(7-5-17)23(26)27)24-28-21(30-12-2-3-13-30)14-20(31(24)29-15)16-8-10-19(25)11-9-16/h2-14,23H,1H3. The number of aryl methyl sites for hydroxylation is 1. The molecule has 7 heteroatoms. The van der Waals surface area contributed by atoms with Crippen LogP contribution in [0.5, 0.6) is 0 Å². The van der Waals surface area contributed by atoms with Crippen molar-refractivity contribution in [3.05, 3.63) is 96.2 Å². The highest BCUT2D eigenvalue weighted by atomic mass is 19.3. The molecule has 0 bridgehead atoms. The van der Waals surface area contributed by atoms with Gasteiger partial charge in [0.25, 0.3) is 6.43 Å².